The molecule has 7 heteroatoms. The van der Waals surface area contributed by atoms with Crippen molar-refractivity contribution in [3.8, 4) is 0 Å². The number of hydrogen-bond acceptors (Lipinski definition) is 3. The largest absolute Gasteiger partial charge is 0.416 e. The van der Waals surface area contributed by atoms with E-state index in [-0.39, 0.29) is 0 Å². The Kier molecular flexibility index (Phi) is 6.00. The van der Waals surface area contributed by atoms with Gasteiger partial charge in [0.1, 0.15) is 4.99 Å². The van der Waals surface area contributed by atoms with E-state index in [0.717, 1.165) is 42.4 Å². The first kappa shape index (κ1) is 21.1. The van der Waals surface area contributed by atoms with E-state index in [9.17, 15) is 13.2 Å². The van der Waals surface area contributed by atoms with Gasteiger partial charge in [0.05, 0.1) is 16.9 Å². The Morgan fingerprint density at radius 1 is 1.10 bits per heavy atom. The minimum Gasteiger partial charge on any atom is -0.370 e. The lowest BCUT2D eigenvalue weighted by atomic mass is 9.75. The number of halogens is 3. The molecule has 0 radical (unpaired) electrons. The van der Waals surface area contributed by atoms with Crippen LogP contribution in [0.5, 0.6) is 0 Å². The summed E-state index contributed by atoms with van der Waals surface area (Å²) < 4.78 is 40.2. The summed E-state index contributed by atoms with van der Waals surface area (Å²) in [5.74, 6) is 1.37. The molecular weight excluding hydrogens is 407 g/mol. The van der Waals surface area contributed by atoms with E-state index in [1.807, 2.05) is 13.0 Å². The van der Waals surface area contributed by atoms with Gasteiger partial charge in [-0.1, -0.05) is 31.5 Å². The van der Waals surface area contributed by atoms with Gasteiger partial charge < -0.3 is 10.2 Å². The van der Waals surface area contributed by atoms with Crippen LogP contribution >= 0.6 is 12.2 Å². The zero-order valence-corrected chi connectivity index (χ0v) is 17.8. The summed E-state index contributed by atoms with van der Waals surface area (Å²) in [6.45, 7) is 3.62. The molecule has 30 heavy (non-hydrogen) atoms. The van der Waals surface area contributed by atoms with Gasteiger partial charge in [0.2, 0.25) is 0 Å². The smallest absolute Gasteiger partial charge is 0.370 e. The lowest BCUT2D eigenvalue weighted by Crippen LogP contribution is -2.42. The predicted octanol–water partition coefficient (Wildman–Crippen LogP) is 6.21. The number of aryl methyl sites for hydroxylation is 1. The number of thiocarbonyl (C=S) groups is 1. The fraction of sp³-hybridized carbons (Fsp3) is 0.478. The molecule has 2 heterocycles. The maximum absolute atomic E-state index is 13.4. The first-order valence-corrected chi connectivity index (χ1v) is 10.9. The molecular formula is C23H26F3N3S. The fourth-order valence-electron chi connectivity index (χ4n) is 4.79. The van der Waals surface area contributed by atoms with Crippen LogP contribution in [0.1, 0.15) is 48.9 Å². The van der Waals surface area contributed by atoms with E-state index in [1.165, 1.54) is 37.8 Å². The Morgan fingerprint density at radius 2 is 1.87 bits per heavy atom. The van der Waals surface area contributed by atoms with Gasteiger partial charge in [-0.25, -0.2) is 0 Å². The van der Waals surface area contributed by atoms with Gasteiger partial charge in [0.25, 0.3) is 0 Å². The van der Waals surface area contributed by atoms with Crippen molar-refractivity contribution in [3.05, 3.63) is 53.3 Å². The molecule has 2 unspecified atom stereocenters. The maximum atomic E-state index is 13.4. The maximum Gasteiger partial charge on any atom is 0.416 e. The summed E-state index contributed by atoms with van der Waals surface area (Å²) in [7, 11) is 0. The summed E-state index contributed by atoms with van der Waals surface area (Å²) >= 11 is 5.51. The molecule has 1 saturated carbocycles. The number of anilines is 2. The van der Waals surface area contributed by atoms with Gasteiger partial charge in [-0.15, -0.1) is 0 Å². The van der Waals surface area contributed by atoms with Crippen molar-refractivity contribution in [2.45, 2.75) is 45.2 Å². The monoisotopic (exact) mass is 433 g/mol. The lowest BCUT2D eigenvalue weighted by molar-refractivity contribution is -0.137. The Labute approximate surface area is 180 Å². The quantitative estimate of drug-likeness (QED) is 0.582. The standard InChI is InChI=1S/C23H26F3N3S/c1-15-12-17(8-10-27-15)22(30)28-20-13-19(23(24,25)26)6-7-21(20)29-11-9-16-4-2-3-5-18(16)14-29/h6-8,10,12-13,16,18H,2-5,9,11,14H2,1H3,(H,28,30). The van der Waals surface area contributed by atoms with Crippen LogP contribution in [0.4, 0.5) is 24.5 Å². The lowest BCUT2D eigenvalue weighted by Gasteiger charge is -2.43. The molecule has 2 aliphatic rings. The minimum absolute atomic E-state index is 0.397. The van der Waals surface area contributed by atoms with E-state index in [0.29, 0.717) is 16.6 Å². The van der Waals surface area contributed by atoms with Crippen molar-refractivity contribution in [3.63, 3.8) is 0 Å². The first-order chi connectivity index (χ1) is 14.3. The van der Waals surface area contributed by atoms with Crippen LogP contribution in [0.2, 0.25) is 0 Å². The Morgan fingerprint density at radius 3 is 2.60 bits per heavy atom. The molecule has 0 amide bonds. The molecule has 1 saturated heterocycles. The molecule has 1 aliphatic carbocycles. The van der Waals surface area contributed by atoms with Crippen LogP contribution < -0.4 is 10.2 Å². The summed E-state index contributed by atoms with van der Waals surface area (Å²) in [5.41, 5.74) is 2.08. The number of aromatic nitrogens is 1. The van der Waals surface area contributed by atoms with E-state index < -0.39 is 11.7 Å². The average molecular weight is 434 g/mol. The van der Waals surface area contributed by atoms with Crippen LogP contribution in [-0.4, -0.2) is 23.1 Å². The summed E-state index contributed by atoms with van der Waals surface area (Å²) in [6, 6.07) is 7.55. The number of benzene rings is 1. The van der Waals surface area contributed by atoms with Gasteiger partial charge in [-0.2, -0.15) is 13.2 Å². The number of alkyl halides is 3. The number of pyridine rings is 1. The molecule has 0 spiro atoms. The van der Waals surface area contributed by atoms with E-state index in [1.54, 1.807) is 18.3 Å². The topological polar surface area (TPSA) is 28.2 Å². The molecule has 1 aromatic heterocycles. The number of fused-ring (bicyclic) bond motifs is 1. The molecule has 3 nitrogen and oxygen atoms in total. The third kappa shape index (κ3) is 4.61. The van der Waals surface area contributed by atoms with Crippen LogP contribution in [0.3, 0.4) is 0 Å². The van der Waals surface area contributed by atoms with E-state index in [2.05, 4.69) is 15.2 Å². The molecule has 4 rings (SSSR count). The molecule has 1 aliphatic heterocycles. The molecule has 1 N–H and O–H groups in total. The van der Waals surface area contributed by atoms with Gasteiger partial charge in [0, 0.05) is 30.5 Å². The van der Waals surface area contributed by atoms with Crippen molar-refractivity contribution in [1.29, 1.82) is 0 Å². The van der Waals surface area contributed by atoms with Gasteiger partial charge in [-0.05, 0) is 61.9 Å². The second-order valence-corrected chi connectivity index (χ2v) is 8.82. The van der Waals surface area contributed by atoms with Gasteiger partial charge in [-0.3, -0.25) is 4.98 Å². The highest BCUT2D eigenvalue weighted by Crippen LogP contribution is 2.41. The summed E-state index contributed by atoms with van der Waals surface area (Å²) in [5, 5.41) is 3.10. The first-order valence-electron chi connectivity index (χ1n) is 10.5. The van der Waals surface area contributed by atoms with E-state index in [4.69, 9.17) is 12.2 Å². The molecule has 0 bridgehead atoms. The Balaban J connectivity index is 1.63. The fourth-order valence-corrected chi connectivity index (χ4v) is 5.03. The number of nitrogens with zero attached hydrogens (tertiary/aromatic N) is 2. The molecule has 2 atom stereocenters. The molecule has 1 aromatic carbocycles. The average Bonchev–Trinajstić information content (AvgIpc) is 2.72. The van der Waals surface area contributed by atoms with Crippen molar-refractivity contribution < 1.29 is 13.2 Å². The zero-order chi connectivity index (χ0) is 21.3. The van der Waals surface area contributed by atoms with Crippen LogP contribution in [0.25, 0.3) is 0 Å². The van der Waals surface area contributed by atoms with Crippen molar-refractivity contribution >= 4 is 28.6 Å². The van der Waals surface area contributed by atoms with Crippen molar-refractivity contribution in [2.24, 2.45) is 11.8 Å². The van der Waals surface area contributed by atoms with Gasteiger partial charge >= 0.3 is 6.18 Å². The zero-order valence-electron chi connectivity index (χ0n) is 17.0. The van der Waals surface area contributed by atoms with Crippen LogP contribution in [-0.2, 0) is 6.18 Å². The SMILES string of the molecule is Cc1cc(C(=S)Nc2cc(C(F)(F)F)ccc2N2CCC3CCCCC3C2)ccn1. The van der Waals surface area contributed by atoms with Crippen LogP contribution in [0.15, 0.2) is 36.5 Å². The Hall–Kier alpha value is -2.15. The second kappa shape index (κ2) is 8.53. The Bertz CT molecular complexity index is 928. The number of rotatable bonds is 3. The highest BCUT2D eigenvalue weighted by Gasteiger charge is 2.34. The minimum atomic E-state index is -4.40. The molecule has 2 aromatic rings. The number of piperidine rings is 1. The van der Waals surface area contributed by atoms with E-state index >= 15 is 0 Å². The highest BCUT2D eigenvalue weighted by molar-refractivity contribution is 7.81. The highest BCUT2D eigenvalue weighted by atomic mass is 32.1. The third-order valence-electron chi connectivity index (χ3n) is 6.36. The second-order valence-electron chi connectivity index (χ2n) is 8.41. The summed E-state index contributed by atoms with van der Waals surface area (Å²) in [6.07, 6.45) is 3.38. The van der Waals surface area contributed by atoms with Crippen molar-refractivity contribution in [2.75, 3.05) is 23.3 Å². The predicted molar refractivity (Wildman–Crippen MR) is 118 cm³/mol. The third-order valence-corrected chi connectivity index (χ3v) is 6.70. The number of hydrogen-bond donors (Lipinski definition) is 1. The van der Waals surface area contributed by atoms with Crippen molar-refractivity contribution in [1.82, 2.24) is 4.98 Å². The molecule has 2 fully saturated rings. The van der Waals surface area contributed by atoms with Crippen LogP contribution in [0, 0.1) is 18.8 Å². The molecule has 160 valence electrons. The normalized spacial score (nSPS) is 21.8. The number of nitrogens with one attached hydrogen (secondary N) is 1. The summed E-state index contributed by atoms with van der Waals surface area (Å²) in [4.78, 5) is 6.79. The van der Waals surface area contributed by atoms with Gasteiger partial charge in [0.15, 0.2) is 0 Å².